The van der Waals surface area contributed by atoms with E-state index in [1.165, 1.54) is 0 Å². The monoisotopic (exact) mass is 345 g/mol. The minimum atomic E-state index is 0.390. The van der Waals surface area contributed by atoms with Crippen LogP contribution in [-0.4, -0.2) is 29.7 Å². The van der Waals surface area contributed by atoms with Crippen LogP contribution in [0.2, 0.25) is 0 Å². The molecule has 0 aliphatic rings. The van der Waals surface area contributed by atoms with Gasteiger partial charge in [-0.3, -0.25) is 4.98 Å². The summed E-state index contributed by atoms with van der Waals surface area (Å²) in [4.78, 5) is 13.4. The summed E-state index contributed by atoms with van der Waals surface area (Å²) in [5, 5.41) is 11.4. The average Bonchev–Trinajstić information content (AvgIpc) is 3.07. The fraction of sp³-hybridized carbons (Fsp3) is 0.211. The minimum Gasteiger partial charge on any atom is -0.323 e. The lowest BCUT2D eigenvalue weighted by molar-refractivity contribution is 0.843. The van der Waals surface area contributed by atoms with Crippen LogP contribution in [-0.2, 0) is 0 Å². The molecule has 0 radical (unpaired) electrons. The predicted octanol–water partition coefficient (Wildman–Crippen LogP) is 3.78. The Balaban J connectivity index is 1.68. The third-order valence-electron chi connectivity index (χ3n) is 4.23. The molecule has 4 rings (SSSR count). The lowest BCUT2D eigenvalue weighted by atomic mass is 10.1. The highest BCUT2D eigenvalue weighted by molar-refractivity contribution is 5.78. The standard InChI is InChI=1S/C19H19N7/c1-12(2)14-8-19(25-22-10-14)24-18-5-4-16-17(23-18)9-15(11-21-16)26-7-6-20-13(26)3/h4-12H,1-3H3,(H,23,24,25). The van der Waals surface area contributed by atoms with Gasteiger partial charge in [0.05, 0.1) is 29.1 Å². The molecule has 0 saturated heterocycles. The number of hydrogen-bond acceptors (Lipinski definition) is 6. The van der Waals surface area contributed by atoms with E-state index in [1.807, 2.05) is 48.1 Å². The second-order valence-corrected chi connectivity index (χ2v) is 6.43. The van der Waals surface area contributed by atoms with Crippen LogP contribution in [0.1, 0.15) is 31.2 Å². The van der Waals surface area contributed by atoms with Gasteiger partial charge in [-0.1, -0.05) is 13.8 Å². The van der Waals surface area contributed by atoms with Gasteiger partial charge in [-0.15, -0.1) is 5.10 Å². The Hall–Kier alpha value is -3.35. The Labute approximate surface area is 151 Å². The number of fused-ring (bicyclic) bond motifs is 1. The largest absolute Gasteiger partial charge is 0.323 e. The van der Waals surface area contributed by atoms with E-state index in [0.29, 0.717) is 17.6 Å². The van der Waals surface area contributed by atoms with Crippen molar-refractivity contribution in [2.45, 2.75) is 26.7 Å². The van der Waals surface area contributed by atoms with Gasteiger partial charge in [0.25, 0.3) is 0 Å². The zero-order valence-electron chi connectivity index (χ0n) is 14.9. The summed E-state index contributed by atoms with van der Waals surface area (Å²) in [6.07, 6.45) is 7.29. The number of imidazole rings is 1. The summed E-state index contributed by atoms with van der Waals surface area (Å²) < 4.78 is 1.98. The van der Waals surface area contributed by atoms with Crippen LogP contribution >= 0.6 is 0 Å². The van der Waals surface area contributed by atoms with Crippen LogP contribution in [0.15, 0.2) is 49.1 Å². The van der Waals surface area contributed by atoms with E-state index in [9.17, 15) is 0 Å². The third-order valence-corrected chi connectivity index (χ3v) is 4.23. The second kappa shape index (κ2) is 6.51. The van der Waals surface area contributed by atoms with Crippen molar-refractivity contribution in [1.82, 2.24) is 29.7 Å². The summed E-state index contributed by atoms with van der Waals surface area (Å²) in [7, 11) is 0. The molecule has 0 spiro atoms. The van der Waals surface area contributed by atoms with Gasteiger partial charge in [-0.2, -0.15) is 5.10 Å². The number of rotatable bonds is 4. The highest BCUT2D eigenvalue weighted by Crippen LogP contribution is 2.21. The lowest BCUT2D eigenvalue weighted by Crippen LogP contribution is -2.01. The number of hydrogen-bond donors (Lipinski definition) is 1. The van der Waals surface area contributed by atoms with Crippen molar-refractivity contribution < 1.29 is 0 Å². The Morgan fingerprint density at radius 3 is 2.65 bits per heavy atom. The van der Waals surface area contributed by atoms with Gasteiger partial charge in [0.15, 0.2) is 5.82 Å². The lowest BCUT2D eigenvalue weighted by Gasteiger charge is -2.09. The maximum Gasteiger partial charge on any atom is 0.154 e. The van der Waals surface area contributed by atoms with E-state index < -0.39 is 0 Å². The van der Waals surface area contributed by atoms with Gasteiger partial charge < -0.3 is 9.88 Å². The summed E-state index contributed by atoms with van der Waals surface area (Å²) in [6, 6.07) is 7.82. The van der Waals surface area contributed by atoms with Gasteiger partial charge in [0.1, 0.15) is 11.6 Å². The van der Waals surface area contributed by atoms with Crippen molar-refractivity contribution in [2.75, 3.05) is 5.32 Å². The molecule has 0 unspecified atom stereocenters. The van der Waals surface area contributed by atoms with Gasteiger partial charge in [-0.05, 0) is 42.7 Å². The summed E-state index contributed by atoms with van der Waals surface area (Å²) >= 11 is 0. The number of aromatic nitrogens is 6. The molecule has 0 saturated carbocycles. The first-order valence-corrected chi connectivity index (χ1v) is 8.47. The van der Waals surface area contributed by atoms with E-state index in [2.05, 4.69) is 44.3 Å². The number of anilines is 2. The molecule has 4 heterocycles. The number of aryl methyl sites for hydroxylation is 1. The molecule has 4 aromatic heterocycles. The van der Waals surface area contributed by atoms with Crippen molar-refractivity contribution >= 4 is 22.7 Å². The molecular formula is C19H19N7. The van der Waals surface area contributed by atoms with E-state index in [-0.39, 0.29) is 0 Å². The predicted molar refractivity (Wildman–Crippen MR) is 101 cm³/mol. The molecule has 1 N–H and O–H groups in total. The molecule has 4 aromatic rings. The average molecular weight is 345 g/mol. The molecule has 0 aliphatic heterocycles. The maximum absolute atomic E-state index is 4.67. The van der Waals surface area contributed by atoms with E-state index in [1.54, 1.807) is 12.4 Å². The molecule has 7 nitrogen and oxygen atoms in total. The fourth-order valence-electron chi connectivity index (χ4n) is 2.74. The van der Waals surface area contributed by atoms with Crippen LogP contribution in [0.25, 0.3) is 16.7 Å². The maximum atomic E-state index is 4.67. The van der Waals surface area contributed by atoms with Gasteiger partial charge in [0, 0.05) is 12.4 Å². The smallest absolute Gasteiger partial charge is 0.154 e. The number of pyridine rings is 2. The Kier molecular flexibility index (Phi) is 4.04. The first-order chi connectivity index (χ1) is 12.6. The first-order valence-electron chi connectivity index (χ1n) is 8.47. The van der Waals surface area contributed by atoms with Crippen molar-refractivity contribution in [1.29, 1.82) is 0 Å². The molecule has 0 aromatic carbocycles. The van der Waals surface area contributed by atoms with Crippen LogP contribution in [0.3, 0.4) is 0 Å². The first kappa shape index (κ1) is 16.1. The highest BCUT2D eigenvalue weighted by Gasteiger charge is 2.07. The topological polar surface area (TPSA) is 81.4 Å². The second-order valence-electron chi connectivity index (χ2n) is 6.43. The van der Waals surface area contributed by atoms with E-state index in [0.717, 1.165) is 28.1 Å². The molecule has 0 fully saturated rings. The van der Waals surface area contributed by atoms with Crippen molar-refractivity contribution in [3.63, 3.8) is 0 Å². The minimum absolute atomic E-state index is 0.390. The number of nitrogens with zero attached hydrogens (tertiary/aromatic N) is 6. The van der Waals surface area contributed by atoms with Crippen LogP contribution < -0.4 is 5.32 Å². The zero-order chi connectivity index (χ0) is 18.1. The Morgan fingerprint density at radius 1 is 1.00 bits per heavy atom. The van der Waals surface area contributed by atoms with Crippen molar-refractivity contribution in [2.24, 2.45) is 0 Å². The SMILES string of the molecule is Cc1nccn1-c1cnc2ccc(Nc3cc(C(C)C)cnn3)nc2c1. The molecule has 0 amide bonds. The zero-order valence-corrected chi connectivity index (χ0v) is 14.9. The quantitative estimate of drug-likeness (QED) is 0.606. The normalized spacial score (nSPS) is 11.2. The van der Waals surface area contributed by atoms with Crippen molar-refractivity contribution in [3.8, 4) is 5.69 Å². The summed E-state index contributed by atoms with van der Waals surface area (Å²) in [5.74, 6) is 2.67. The van der Waals surface area contributed by atoms with Crippen molar-refractivity contribution in [3.05, 3.63) is 60.4 Å². The molecule has 0 atom stereocenters. The highest BCUT2D eigenvalue weighted by atomic mass is 15.2. The summed E-state index contributed by atoms with van der Waals surface area (Å²) in [5.41, 5.74) is 3.69. The number of nitrogens with one attached hydrogen (secondary N) is 1. The molecule has 0 bridgehead atoms. The fourth-order valence-corrected chi connectivity index (χ4v) is 2.74. The molecule has 0 aliphatic carbocycles. The molecule has 26 heavy (non-hydrogen) atoms. The van der Waals surface area contributed by atoms with Gasteiger partial charge in [-0.25, -0.2) is 9.97 Å². The van der Waals surface area contributed by atoms with Gasteiger partial charge in [0.2, 0.25) is 0 Å². The van der Waals surface area contributed by atoms with Crippen LogP contribution in [0, 0.1) is 6.92 Å². The molecular weight excluding hydrogens is 326 g/mol. The summed E-state index contributed by atoms with van der Waals surface area (Å²) in [6.45, 7) is 6.21. The Morgan fingerprint density at radius 2 is 1.88 bits per heavy atom. The third kappa shape index (κ3) is 3.11. The molecule has 130 valence electrons. The van der Waals surface area contributed by atoms with E-state index >= 15 is 0 Å². The van der Waals surface area contributed by atoms with Crippen LogP contribution in [0.5, 0.6) is 0 Å². The Bertz CT molecular complexity index is 1070. The van der Waals surface area contributed by atoms with Crippen LogP contribution in [0.4, 0.5) is 11.6 Å². The molecule has 7 heteroatoms. The van der Waals surface area contributed by atoms with E-state index in [4.69, 9.17) is 0 Å². The van der Waals surface area contributed by atoms with Gasteiger partial charge >= 0.3 is 0 Å².